The Morgan fingerprint density at radius 1 is 1.00 bits per heavy atom. The van der Waals surface area contributed by atoms with Crippen molar-refractivity contribution in [2.24, 2.45) is 5.16 Å². The van der Waals surface area contributed by atoms with Gasteiger partial charge in [0.15, 0.2) is 17.2 Å². The Balaban J connectivity index is 2.38. The molecule has 0 aromatic heterocycles. The van der Waals surface area contributed by atoms with Crippen LogP contribution < -0.4 is 9.47 Å². The largest absolute Gasteiger partial charge is 0.493 e. The Morgan fingerprint density at radius 2 is 1.62 bits per heavy atom. The van der Waals surface area contributed by atoms with E-state index in [1.807, 2.05) is 0 Å². The molecule has 0 amide bonds. The molecule has 0 aliphatic heterocycles. The molecule has 2 aromatic carbocycles. The molecule has 9 heteroatoms. The second-order valence-electron chi connectivity index (χ2n) is 5.16. The van der Waals surface area contributed by atoms with Crippen LogP contribution in [0.1, 0.15) is 11.1 Å². The second kappa shape index (κ2) is 7.87. The van der Waals surface area contributed by atoms with E-state index in [1.54, 1.807) is 19.1 Å². The molecular weight excluding hydrogens is 362 g/mol. The van der Waals surface area contributed by atoms with E-state index in [4.69, 9.17) is 9.47 Å². The first-order valence-corrected chi connectivity index (χ1v) is 8.73. The highest BCUT2D eigenvalue weighted by atomic mass is 32.2. The average molecular weight is 379 g/mol. The van der Waals surface area contributed by atoms with Crippen LogP contribution in [0.2, 0.25) is 0 Å². The molecule has 2 rings (SSSR count). The Labute approximate surface area is 150 Å². The predicted octanol–water partition coefficient (Wildman–Crippen LogP) is 2.21. The van der Waals surface area contributed by atoms with Crippen molar-refractivity contribution in [2.75, 3.05) is 14.2 Å². The summed E-state index contributed by atoms with van der Waals surface area (Å²) in [7, 11) is -1.43. The lowest BCUT2D eigenvalue weighted by Gasteiger charge is -2.09. The fourth-order valence-corrected chi connectivity index (χ4v) is 2.76. The van der Waals surface area contributed by atoms with Crippen LogP contribution in [0.25, 0.3) is 0 Å². The van der Waals surface area contributed by atoms with Crippen molar-refractivity contribution in [3.05, 3.63) is 53.6 Å². The van der Waals surface area contributed by atoms with Crippen molar-refractivity contribution in [2.45, 2.75) is 11.8 Å². The maximum atomic E-state index is 12.2. The molecule has 0 spiro atoms. The third kappa shape index (κ3) is 4.31. The van der Waals surface area contributed by atoms with E-state index in [-0.39, 0.29) is 16.2 Å². The van der Waals surface area contributed by atoms with Crippen LogP contribution in [-0.4, -0.2) is 39.4 Å². The summed E-state index contributed by atoms with van der Waals surface area (Å²) < 4.78 is 39.1. The highest BCUT2D eigenvalue weighted by Crippen LogP contribution is 2.28. The van der Waals surface area contributed by atoms with Gasteiger partial charge >= 0.3 is 16.1 Å². The van der Waals surface area contributed by atoms with Crippen LogP contribution in [0.3, 0.4) is 0 Å². The summed E-state index contributed by atoms with van der Waals surface area (Å²) in [5, 5.41) is 12.7. The molecule has 26 heavy (non-hydrogen) atoms. The van der Waals surface area contributed by atoms with E-state index in [0.717, 1.165) is 5.56 Å². The first-order chi connectivity index (χ1) is 12.3. The van der Waals surface area contributed by atoms with Gasteiger partial charge in [0.05, 0.1) is 14.2 Å². The van der Waals surface area contributed by atoms with Gasteiger partial charge < -0.3 is 14.6 Å². The first-order valence-electron chi connectivity index (χ1n) is 7.32. The molecule has 8 nitrogen and oxygen atoms in total. The molecule has 138 valence electrons. The fraction of sp³-hybridized carbons (Fsp3) is 0.176. The van der Waals surface area contributed by atoms with E-state index in [1.165, 1.54) is 44.6 Å². The summed E-state index contributed by atoms with van der Waals surface area (Å²) >= 11 is 0. The standard InChI is InChI=1S/C17H17NO7S/c1-11-4-7-13(8-5-11)26(21,22)25-18-16(17(19)20)12-6-9-14(23-2)15(10-12)24-3/h4-10H,1-3H3,(H,19,20). The van der Waals surface area contributed by atoms with Gasteiger partial charge in [-0.15, -0.1) is 0 Å². The van der Waals surface area contributed by atoms with Gasteiger partial charge in [-0.3, -0.25) is 4.28 Å². The monoisotopic (exact) mass is 379 g/mol. The molecule has 0 atom stereocenters. The number of rotatable bonds is 7. The number of nitrogens with zero attached hydrogens (tertiary/aromatic N) is 1. The maximum Gasteiger partial charge on any atom is 0.358 e. The minimum Gasteiger partial charge on any atom is -0.493 e. The molecule has 0 aliphatic carbocycles. The summed E-state index contributed by atoms with van der Waals surface area (Å²) in [6.45, 7) is 1.80. The maximum absolute atomic E-state index is 12.2. The molecule has 0 fully saturated rings. The third-order valence-electron chi connectivity index (χ3n) is 3.40. The first kappa shape index (κ1) is 19.3. The number of benzene rings is 2. The number of carbonyl (C=O) groups is 1. The third-order valence-corrected chi connectivity index (χ3v) is 4.52. The molecule has 0 bridgehead atoms. The normalized spacial score (nSPS) is 11.7. The highest BCUT2D eigenvalue weighted by molar-refractivity contribution is 7.86. The van der Waals surface area contributed by atoms with Gasteiger partial charge in [-0.25, -0.2) is 4.79 Å². The molecular formula is C17H17NO7S. The summed E-state index contributed by atoms with van der Waals surface area (Å²) in [5.74, 6) is -0.814. The topological polar surface area (TPSA) is 111 Å². The molecule has 0 saturated heterocycles. The number of carboxylic acids is 1. The number of carboxylic acid groups (broad SMARTS) is 1. The van der Waals surface area contributed by atoms with Crippen molar-refractivity contribution in [3.8, 4) is 11.5 Å². The van der Waals surface area contributed by atoms with E-state index in [0.29, 0.717) is 5.75 Å². The number of methoxy groups -OCH3 is 2. The number of ether oxygens (including phenoxy) is 2. The van der Waals surface area contributed by atoms with Crippen LogP contribution in [0, 0.1) is 6.92 Å². The zero-order valence-corrected chi connectivity index (χ0v) is 15.1. The van der Waals surface area contributed by atoms with E-state index in [9.17, 15) is 18.3 Å². The van der Waals surface area contributed by atoms with Gasteiger partial charge in [0, 0.05) is 5.56 Å². The second-order valence-corrected chi connectivity index (χ2v) is 6.69. The Bertz CT molecular complexity index is 934. The minimum absolute atomic E-state index is 0.0919. The SMILES string of the molecule is COc1ccc(C(=NOS(=O)(=O)c2ccc(C)cc2)C(=O)O)cc1OC. The minimum atomic E-state index is -4.25. The smallest absolute Gasteiger partial charge is 0.358 e. The summed E-state index contributed by atoms with van der Waals surface area (Å²) in [6.07, 6.45) is 0. The summed E-state index contributed by atoms with van der Waals surface area (Å²) in [6, 6.07) is 10.1. The van der Waals surface area contributed by atoms with Crippen LogP contribution >= 0.6 is 0 Å². The molecule has 0 aliphatic rings. The average Bonchev–Trinajstić information content (AvgIpc) is 2.61. The number of aryl methyl sites for hydroxylation is 1. The van der Waals surface area contributed by atoms with Crippen LogP contribution in [-0.2, 0) is 19.2 Å². The number of hydrogen-bond donors (Lipinski definition) is 1. The van der Waals surface area contributed by atoms with Crippen molar-refractivity contribution in [1.29, 1.82) is 0 Å². The van der Waals surface area contributed by atoms with Gasteiger partial charge in [-0.1, -0.05) is 22.9 Å². The number of aliphatic carboxylic acids is 1. The van der Waals surface area contributed by atoms with Gasteiger partial charge in [-0.05, 0) is 37.3 Å². The lowest BCUT2D eigenvalue weighted by molar-refractivity contribution is -0.129. The van der Waals surface area contributed by atoms with E-state index in [2.05, 4.69) is 9.44 Å². The summed E-state index contributed by atoms with van der Waals surface area (Å²) in [5.41, 5.74) is 0.361. The lowest BCUT2D eigenvalue weighted by Crippen LogP contribution is -2.16. The van der Waals surface area contributed by atoms with Gasteiger partial charge in [0.1, 0.15) is 4.90 Å². The van der Waals surface area contributed by atoms with Gasteiger partial charge in [0.25, 0.3) is 0 Å². The van der Waals surface area contributed by atoms with Gasteiger partial charge in [-0.2, -0.15) is 8.42 Å². The predicted molar refractivity (Wildman–Crippen MR) is 93.2 cm³/mol. The van der Waals surface area contributed by atoms with E-state index < -0.39 is 21.8 Å². The lowest BCUT2D eigenvalue weighted by atomic mass is 10.1. The Morgan fingerprint density at radius 3 is 2.15 bits per heavy atom. The molecule has 0 radical (unpaired) electrons. The summed E-state index contributed by atoms with van der Waals surface area (Å²) in [4.78, 5) is 11.3. The van der Waals surface area contributed by atoms with Crippen LogP contribution in [0.15, 0.2) is 52.5 Å². The quantitative estimate of drug-likeness (QED) is 0.580. The van der Waals surface area contributed by atoms with Crippen molar-refractivity contribution in [1.82, 2.24) is 0 Å². The number of hydrogen-bond acceptors (Lipinski definition) is 7. The van der Waals surface area contributed by atoms with Crippen LogP contribution in [0.5, 0.6) is 11.5 Å². The Hall–Kier alpha value is -3.07. The van der Waals surface area contributed by atoms with Gasteiger partial charge in [0.2, 0.25) is 0 Å². The molecule has 0 saturated carbocycles. The number of oxime groups is 1. The van der Waals surface area contributed by atoms with E-state index >= 15 is 0 Å². The zero-order valence-electron chi connectivity index (χ0n) is 14.3. The highest BCUT2D eigenvalue weighted by Gasteiger charge is 2.20. The van der Waals surface area contributed by atoms with Crippen molar-refractivity contribution in [3.63, 3.8) is 0 Å². The molecule has 2 aromatic rings. The Kier molecular flexibility index (Phi) is 5.83. The molecule has 1 N–H and O–H groups in total. The zero-order chi connectivity index (χ0) is 19.3. The molecule has 0 heterocycles. The molecule has 0 unspecified atom stereocenters. The van der Waals surface area contributed by atoms with Crippen molar-refractivity contribution >= 4 is 21.8 Å². The fourth-order valence-electron chi connectivity index (χ4n) is 2.03. The van der Waals surface area contributed by atoms with Crippen molar-refractivity contribution < 1.29 is 32.1 Å². The van der Waals surface area contributed by atoms with Crippen LogP contribution in [0.4, 0.5) is 0 Å².